The third-order valence-corrected chi connectivity index (χ3v) is 8.29. The number of carbonyl (C=O) groups is 2. The van der Waals surface area contributed by atoms with Gasteiger partial charge in [-0.25, -0.2) is 9.59 Å². The Bertz CT molecular complexity index is 1210. The number of fused-ring (bicyclic) bond motifs is 1. The van der Waals surface area contributed by atoms with Crippen molar-refractivity contribution in [2.75, 3.05) is 33.1 Å². The van der Waals surface area contributed by atoms with Crippen molar-refractivity contribution in [1.29, 1.82) is 0 Å². The monoisotopic (exact) mass is 589 g/mol. The zero-order valence-electron chi connectivity index (χ0n) is 21.5. The Morgan fingerprint density at radius 2 is 1.82 bits per heavy atom. The third-order valence-electron chi connectivity index (χ3n) is 7.17. The average molecular weight is 590 g/mol. The van der Waals surface area contributed by atoms with E-state index >= 15 is 0 Å². The summed E-state index contributed by atoms with van der Waals surface area (Å²) >= 11 is 6.69. The van der Waals surface area contributed by atoms with E-state index in [1.807, 2.05) is 6.07 Å². The van der Waals surface area contributed by atoms with E-state index in [9.17, 15) is 23.1 Å². The Hall–Kier alpha value is -3.10. The maximum Gasteiger partial charge on any atom is 0.490 e. The van der Waals surface area contributed by atoms with Crippen molar-refractivity contribution in [3.63, 3.8) is 0 Å². The molecule has 1 saturated carbocycles. The highest BCUT2D eigenvalue weighted by Gasteiger charge is 2.50. The van der Waals surface area contributed by atoms with Gasteiger partial charge in [0.15, 0.2) is 16.6 Å². The number of methoxy groups -OCH3 is 2. The zero-order chi connectivity index (χ0) is 29.0. The molecule has 1 aromatic heterocycles. The molecule has 1 aliphatic carbocycles. The number of ether oxygens (including phenoxy) is 2. The number of likely N-dealkylation sites (tertiary alicyclic amines) is 1. The minimum atomic E-state index is -5.08. The number of carboxylic acid groups (broad SMARTS) is 2. The molecule has 2 fully saturated rings. The first-order chi connectivity index (χ1) is 18.3. The van der Waals surface area contributed by atoms with Gasteiger partial charge < -0.3 is 35.2 Å². The normalized spacial score (nSPS) is 22.6. The van der Waals surface area contributed by atoms with Crippen LogP contribution < -0.4 is 20.1 Å². The van der Waals surface area contributed by atoms with Gasteiger partial charge in [0.05, 0.1) is 19.9 Å². The summed E-state index contributed by atoms with van der Waals surface area (Å²) in [6.45, 7) is 1.05. The summed E-state index contributed by atoms with van der Waals surface area (Å²) in [4.78, 5) is 23.0. The van der Waals surface area contributed by atoms with Crippen molar-refractivity contribution in [2.45, 2.75) is 49.4 Å². The number of thiocarbonyl (C=S) groups is 1. The number of nitrogens with zero attached hydrogens (tertiary/aromatic N) is 1. The molecule has 2 aliphatic rings. The van der Waals surface area contributed by atoms with Crippen LogP contribution in [0, 0.1) is 0 Å². The Morgan fingerprint density at radius 1 is 1.15 bits per heavy atom. The van der Waals surface area contributed by atoms with Crippen molar-refractivity contribution in [1.82, 2.24) is 10.2 Å². The minimum absolute atomic E-state index is 0.0748. The van der Waals surface area contributed by atoms with Gasteiger partial charge in [0.25, 0.3) is 0 Å². The van der Waals surface area contributed by atoms with E-state index in [-0.39, 0.29) is 16.3 Å². The van der Waals surface area contributed by atoms with Crippen molar-refractivity contribution in [2.24, 2.45) is 0 Å². The van der Waals surface area contributed by atoms with Crippen LogP contribution >= 0.6 is 23.6 Å². The smallest absolute Gasteiger partial charge is 0.490 e. The lowest BCUT2D eigenvalue weighted by Crippen LogP contribution is -2.52. The second-order valence-electron chi connectivity index (χ2n) is 9.31. The number of alkyl halides is 3. The average Bonchev–Trinajstić information content (AvgIpc) is 3.48. The first-order valence-corrected chi connectivity index (χ1v) is 13.2. The van der Waals surface area contributed by atoms with Crippen LogP contribution in [0.1, 0.15) is 40.9 Å². The number of hydrogen-bond donors (Lipinski definition) is 4. The lowest BCUT2D eigenvalue weighted by Gasteiger charge is -2.45. The molecular formula is C25H30F3N3O6S2. The van der Waals surface area contributed by atoms with Crippen LogP contribution in [0.25, 0.3) is 0 Å². The van der Waals surface area contributed by atoms with Gasteiger partial charge in [-0.3, -0.25) is 0 Å². The highest BCUT2D eigenvalue weighted by molar-refractivity contribution is 7.80. The van der Waals surface area contributed by atoms with Gasteiger partial charge in [-0.2, -0.15) is 13.2 Å². The number of aliphatic carboxylic acids is 1. The van der Waals surface area contributed by atoms with Crippen molar-refractivity contribution < 1.29 is 42.4 Å². The van der Waals surface area contributed by atoms with E-state index in [0.29, 0.717) is 16.8 Å². The standard InChI is InChI=1S/C23H29N3O4S2.C2HF3O2/c1-26-10-9-23(14-4-5-17(29-2)18(12-14)30-3)8-6-15(13-19(23)26)24-22(31)25-16-7-11-32-20(16)21(27)28;3-2(4,5)1(6)7/h4-5,7,11-12,15,19H,6,8-10,13H2,1-3H3,(H,27,28)(H2,24,25,31);(H,6,7). The second-order valence-corrected chi connectivity index (χ2v) is 10.6. The summed E-state index contributed by atoms with van der Waals surface area (Å²) in [5, 5.41) is 25.1. The van der Waals surface area contributed by atoms with Crippen LogP contribution in [-0.2, 0) is 10.2 Å². The number of rotatable bonds is 6. The molecule has 3 atom stereocenters. The molecule has 1 saturated heterocycles. The highest BCUT2D eigenvalue weighted by atomic mass is 32.1. The molecule has 3 unspecified atom stereocenters. The summed E-state index contributed by atoms with van der Waals surface area (Å²) in [6, 6.07) is 8.66. The van der Waals surface area contributed by atoms with Gasteiger partial charge in [0, 0.05) is 17.5 Å². The van der Waals surface area contributed by atoms with E-state index in [2.05, 4.69) is 34.7 Å². The number of anilines is 1. The van der Waals surface area contributed by atoms with Crippen LogP contribution in [0.15, 0.2) is 29.6 Å². The lowest BCUT2D eigenvalue weighted by atomic mass is 9.65. The molecule has 4 N–H and O–H groups in total. The number of thiophene rings is 1. The number of halogens is 3. The predicted molar refractivity (Wildman–Crippen MR) is 144 cm³/mol. The lowest BCUT2D eigenvalue weighted by molar-refractivity contribution is -0.192. The summed E-state index contributed by atoms with van der Waals surface area (Å²) in [5.74, 6) is -2.19. The number of hydrogen-bond acceptors (Lipinski definition) is 7. The summed E-state index contributed by atoms with van der Waals surface area (Å²) in [7, 11) is 5.53. The molecule has 0 spiro atoms. The largest absolute Gasteiger partial charge is 0.493 e. The maximum absolute atomic E-state index is 11.4. The van der Waals surface area contributed by atoms with Crippen LogP contribution in [0.2, 0.25) is 0 Å². The van der Waals surface area contributed by atoms with Crippen molar-refractivity contribution in [3.05, 3.63) is 40.1 Å². The van der Waals surface area contributed by atoms with Crippen molar-refractivity contribution in [3.8, 4) is 11.5 Å². The summed E-state index contributed by atoms with van der Waals surface area (Å²) in [5.41, 5.74) is 1.91. The van der Waals surface area contributed by atoms with Gasteiger partial charge in [0.2, 0.25) is 0 Å². The Labute approximate surface area is 232 Å². The third kappa shape index (κ3) is 6.92. The Balaban J connectivity index is 0.000000532. The van der Waals surface area contributed by atoms with Gasteiger partial charge in [0.1, 0.15) is 4.88 Å². The molecule has 4 rings (SSSR count). The summed E-state index contributed by atoms with van der Waals surface area (Å²) < 4.78 is 42.7. The fourth-order valence-corrected chi connectivity index (χ4v) is 6.28. The van der Waals surface area contributed by atoms with Crippen molar-refractivity contribution >= 4 is 46.3 Å². The van der Waals surface area contributed by atoms with Crippen LogP contribution in [0.4, 0.5) is 18.9 Å². The number of likely N-dealkylation sites (N-methyl/N-ethyl adjacent to an activating group) is 1. The Morgan fingerprint density at radius 3 is 2.41 bits per heavy atom. The molecule has 0 amide bonds. The summed E-state index contributed by atoms with van der Waals surface area (Å²) in [6.07, 6.45) is -0.995. The van der Waals surface area contributed by atoms with Gasteiger partial charge in [-0.05, 0) is 80.6 Å². The molecule has 9 nitrogen and oxygen atoms in total. The van der Waals surface area contributed by atoms with Gasteiger partial charge >= 0.3 is 18.1 Å². The molecule has 0 radical (unpaired) electrons. The maximum atomic E-state index is 11.4. The number of carboxylic acids is 2. The first-order valence-electron chi connectivity index (χ1n) is 11.9. The number of nitrogens with one attached hydrogen (secondary N) is 2. The molecule has 1 aromatic carbocycles. The second kappa shape index (κ2) is 12.4. The van der Waals surface area contributed by atoms with Gasteiger partial charge in [-0.15, -0.1) is 11.3 Å². The zero-order valence-corrected chi connectivity index (χ0v) is 23.1. The number of aromatic carboxylic acids is 1. The molecule has 214 valence electrons. The SMILES string of the molecule is COc1ccc(C23CCC(NC(=S)Nc4ccsc4C(=O)O)CC2N(C)CC3)cc1OC.O=C(O)C(F)(F)F. The molecule has 1 aliphatic heterocycles. The van der Waals surface area contributed by atoms with Crippen LogP contribution in [0.5, 0.6) is 11.5 Å². The highest BCUT2D eigenvalue weighted by Crippen LogP contribution is 2.49. The van der Waals surface area contributed by atoms with Crippen LogP contribution in [0.3, 0.4) is 0 Å². The molecule has 39 heavy (non-hydrogen) atoms. The van der Waals surface area contributed by atoms with E-state index < -0.39 is 18.1 Å². The van der Waals surface area contributed by atoms with E-state index in [4.69, 9.17) is 31.6 Å². The molecular weight excluding hydrogens is 559 g/mol. The molecule has 2 aromatic rings. The minimum Gasteiger partial charge on any atom is -0.493 e. The quantitative estimate of drug-likeness (QED) is 0.357. The van der Waals surface area contributed by atoms with Gasteiger partial charge in [-0.1, -0.05) is 6.07 Å². The van der Waals surface area contributed by atoms with E-state index in [1.54, 1.807) is 25.7 Å². The number of benzene rings is 1. The molecule has 0 bridgehead atoms. The fourth-order valence-electron chi connectivity index (χ4n) is 5.31. The first kappa shape index (κ1) is 30.4. The molecule has 2 heterocycles. The Kier molecular flexibility index (Phi) is 9.67. The topological polar surface area (TPSA) is 120 Å². The predicted octanol–water partition coefficient (Wildman–Crippen LogP) is 4.58. The van der Waals surface area contributed by atoms with Crippen LogP contribution in [-0.4, -0.2) is 78.2 Å². The fraction of sp³-hybridized carbons (Fsp3) is 0.480. The molecule has 14 heteroatoms. The van der Waals surface area contributed by atoms with E-state index in [1.165, 1.54) is 16.9 Å². The van der Waals surface area contributed by atoms with E-state index in [0.717, 1.165) is 43.7 Å².